The first-order chi connectivity index (χ1) is 8.59. The van der Waals surface area contributed by atoms with Crippen LogP contribution in [0, 0.1) is 0 Å². The molecule has 2 unspecified atom stereocenters. The second kappa shape index (κ2) is 5.60. The SMILES string of the molecule is C[Si](O)(O[SiH](O)c1ccccc1)c1ccccc1. The zero-order valence-electron chi connectivity index (χ0n) is 10.2. The van der Waals surface area contributed by atoms with Crippen LogP contribution in [0.4, 0.5) is 0 Å². The Morgan fingerprint density at radius 1 is 0.944 bits per heavy atom. The van der Waals surface area contributed by atoms with Gasteiger partial charge >= 0.3 is 17.8 Å². The highest BCUT2D eigenvalue weighted by Gasteiger charge is 2.33. The average Bonchev–Trinajstić information content (AvgIpc) is 2.40. The van der Waals surface area contributed by atoms with Crippen LogP contribution in [-0.4, -0.2) is 27.4 Å². The summed E-state index contributed by atoms with van der Waals surface area (Å²) >= 11 is 0. The molecule has 94 valence electrons. The molecule has 0 aliphatic carbocycles. The van der Waals surface area contributed by atoms with Crippen LogP contribution in [0.15, 0.2) is 60.7 Å². The maximum absolute atomic E-state index is 10.4. The van der Waals surface area contributed by atoms with Gasteiger partial charge in [0, 0.05) is 0 Å². The van der Waals surface area contributed by atoms with Crippen LogP contribution >= 0.6 is 0 Å². The van der Waals surface area contributed by atoms with Crippen LogP contribution in [0.5, 0.6) is 0 Å². The summed E-state index contributed by atoms with van der Waals surface area (Å²) < 4.78 is 5.60. The molecule has 2 aromatic carbocycles. The summed E-state index contributed by atoms with van der Waals surface area (Å²) in [6.07, 6.45) is 0. The highest BCUT2D eigenvalue weighted by Crippen LogP contribution is 2.03. The number of benzene rings is 2. The van der Waals surface area contributed by atoms with Crippen LogP contribution in [-0.2, 0) is 4.12 Å². The highest BCUT2D eigenvalue weighted by molar-refractivity contribution is 6.85. The van der Waals surface area contributed by atoms with Gasteiger partial charge < -0.3 is 13.7 Å². The monoisotopic (exact) mass is 276 g/mol. The maximum atomic E-state index is 10.4. The summed E-state index contributed by atoms with van der Waals surface area (Å²) in [5, 5.41) is 1.55. The van der Waals surface area contributed by atoms with E-state index in [1.807, 2.05) is 60.7 Å². The average molecular weight is 276 g/mol. The van der Waals surface area contributed by atoms with Gasteiger partial charge in [0.1, 0.15) is 0 Å². The molecule has 2 N–H and O–H groups in total. The summed E-state index contributed by atoms with van der Waals surface area (Å²) in [6.45, 7) is 1.68. The van der Waals surface area contributed by atoms with Crippen molar-refractivity contribution in [1.29, 1.82) is 0 Å². The Labute approximate surface area is 109 Å². The van der Waals surface area contributed by atoms with Crippen LogP contribution in [0.2, 0.25) is 6.55 Å². The lowest BCUT2D eigenvalue weighted by Gasteiger charge is -2.24. The van der Waals surface area contributed by atoms with Crippen molar-refractivity contribution in [3.8, 4) is 0 Å². The van der Waals surface area contributed by atoms with Crippen LogP contribution < -0.4 is 10.4 Å². The van der Waals surface area contributed by atoms with Crippen LogP contribution in [0.1, 0.15) is 0 Å². The fraction of sp³-hybridized carbons (Fsp3) is 0.0769. The van der Waals surface area contributed by atoms with Crippen molar-refractivity contribution in [3.05, 3.63) is 60.7 Å². The van der Waals surface area contributed by atoms with Gasteiger partial charge in [-0.3, -0.25) is 0 Å². The molecule has 0 radical (unpaired) electrons. The van der Waals surface area contributed by atoms with Gasteiger partial charge in [-0.2, -0.15) is 0 Å². The summed E-state index contributed by atoms with van der Waals surface area (Å²) in [4.78, 5) is 20.5. The van der Waals surface area contributed by atoms with Crippen molar-refractivity contribution < 1.29 is 13.7 Å². The fourth-order valence-electron chi connectivity index (χ4n) is 1.72. The summed E-state index contributed by atoms with van der Waals surface area (Å²) in [5.41, 5.74) is 0. The Morgan fingerprint density at radius 3 is 2.00 bits per heavy atom. The summed E-state index contributed by atoms with van der Waals surface area (Å²) in [7, 11) is -5.56. The molecular formula is C13H16O3Si2. The Bertz CT molecular complexity index is 488. The minimum absolute atomic E-state index is 0.771. The van der Waals surface area contributed by atoms with E-state index in [2.05, 4.69) is 0 Å². The van der Waals surface area contributed by atoms with Gasteiger partial charge in [-0.1, -0.05) is 60.7 Å². The Kier molecular flexibility index (Phi) is 4.10. The molecule has 0 bridgehead atoms. The number of hydrogen-bond acceptors (Lipinski definition) is 3. The van der Waals surface area contributed by atoms with Gasteiger partial charge in [0.25, 0.3) is 0 Å². The van der Waals surface area contributed by atoms with E-state index in [0.717, 1.165) is 10.4 Å². The normalized spacial score (nSPS) is 15.9. The summed E-state index contributed by atoms with van der Waals surface area (Å²) in [6, 6.07) is 18.5. The predicted molar refractivity (Wildman–Crippen MR) is 76.4 cm³/mol. The first-order valence-corrected chi connectivity index (χ1v) is 9.70. The van der Waals surface area contributed by atoms with Gasteiger partial charge in [0.2, 0.25) is 0 Å². The van der Waals surface area contributed by atoms with E-state index in [0.29, 0.717) is 0 Å². The van der Waals surface area contributed by atoms with Crippen molar-refractivity contribution in [2.45, 2.75) is 6.55 Å². The molecule has 2 rings (SSSR count). The molecule has 0 amide bonds. The van der Waals surface area contributed by atoms with Gasteiger partial charge in [-0.25, -0.2) is 0 Å². The molecule has 0 saturated heterocycles. The van der Waals surface area contributed by atoms with Gasteiger partial charge in [-0.05, 0) is 16.9 Å². The van der Waals surface area contributed by atoms with Gasteiger partial charge in [0.05, 0.1) is 0 Å². The zero-order valence-corrected chi connectivity index (χ0v) is 12.3. The highest BCUT2D eigenvalue weighted by atomic mass is 28.4. The van der Waals surface area contributed by atoms with Crippen molar-refractivity contribution in [3.63, 3.8) is 0 Å². The Balaban J connectivity index is 2.14. The standard InChI is InChI=1S/C13H16O3Si2/c1-18(15,13-10-6-3-7-11-13)16-17(14)12-8-4-2-5-9-12/h2-11,14-15,17H,1H3. The topological polar surface area (TPSA) is 49.7 Å². The van der Waals surface area contributed by atoms with E-state index in [4.69, 9.17) is 4.12 Å². The molecule has 0 aromatic heterocycles. The second-order valence-electron chi connectivity index (χ2n) is 4.23. The van der Waals surface area contributed by atoms with Crippen LogP contribution in [0.25, 0.3) is 0 Å². The molecular weight excluding hydrogens is 260 g/mol. The lowest BCUT2D eigenvalue weighted by molar-refractivity contribution is 0.355. The molecule has 0 spiro atoms. The van der Waals surface area contributed by atoms with E-state index in [-0.39, 0.29) is 0 Å². The molecule has 2 aromatic rings. The molecule has 2 atom stereocenters. The van der Waals surface area contributed by atoms with Gasteiger partial charge in [-0.15, -0.1) is 0 Å². The molecule has 18 heavy (non-hydrogen) atoms. The molecule has 0 aliphatic heterocycles. The quantitative estimate of drug-likeness (QED) is 0.779. The predicted octanol–water partition coefficient (Wildman–Crippen LogP) is 0.0945. The third kappa shape index (κ3) is 3.15. The van der Waals surface area contributed by atoms with Gasteiger partial charge in [0.15, 0.2) is 0 Å². The van der Waals surface area contributed by atoms with E-state index < -0.39 is 17.8 Å². The molecule has 0 heterocycles. The van der Waals surface area contributed by atoms with Crippen molar-refractivity contribution in [2.75, 3.05) is 0 Å². The third-order valence-corrected chi connectivity index (χ3v) is 7.82. The number of hydrogen-bond donors (Lipinski definition) is 2. The van der Waals surface area contributed by atoms with Crippen LogP contribution in [0.3, 0.4) is 0 Å². The molecule has 3 nitrogen and oxygen atoms in total. The second-order valence-corrected chi connectivity index (χ2v) is 9.09. The van der Waals surface area contributed by atoms with E-state index in [1.165, 1.54) is 0 Å². The van der Waals surface area contributed by atoms with Crippen molar-refractivity contribution in [1.82, 2.24) is 0 Å². The fourth-order valence-corrected chi connectivity index (χ4v) is 5.91. The Hall–Kier alpha value is -1.25. The summed E-state index contributed by atoms with van der Waals surface area (Å²) in [5.74, 6) is 0. The molecule has 0 saturated carbocycles. The minimum atomic E-state index is -3.01. The van der Waals surface area contributed by atoms with Crippen molar-refractivity contribution in [2.24, 2.45) is 0 Å². The Morgan fingerprint density at radius 2 is 1.44 bits per heavy atom. The third-order valence-electron chi connectivity index (χ3n) is 2.74. The lowest BCUT2D eigenvalue weighted by Crippen LogP contribution is -2.54. The molecule has 5 heteroatoms. The lowest BCUT2D eigenvalue weighted by atomic mass is 10.4. The largest absolute Gasteiger partial charge is 0.410 e. The smallest absolute Gasteiger partial charge is 0.357 e. The van der Waals surface area contributed by atoms with E-state index >= 15 is 0 Å². The minimum Gasteiger partial charge on any atom is -0.410 e. The van der Waals surface area contributed by atoms with E-state index in [9.17, 15) is 9.59 Å². The molecule has 0 aliphatic rings. The first-order valence-electron chi connectivity index (χ1n) is 5.78. The maximum Gasteiger partial charge on any atom is 0.357 e. The van der Waals surface area contributed by atoms with E-state index in [1.54, 1.807) is 6.55 Å². The van der Waals surface area contributed by atoms with Crippen molar-refractivity contribution >= 4 is 28.2 Å². The number of rotatable bonds is 4. The molecule has 0 fully saturated rings. The zero-order chi connectivity index (χ0) is 13.0. The first kappa shape index (κ1) is 13.2.